The molecule has 0 aliphatic heterocycles. The van der Waals surface area contributed by atoms with Crippen molar-refractivity contribution in [3.05, 3.63) is 34.3 Å². The molecule has 0 bridgehead atoms. The van der Waals surface area contributed by atoms with Crippen LogP contribution >= 0.6 is 27.5 Å². The minimum atomic E-state index is 0.340. The van der Waals surface area contributed by atoms with E-state index in [9.17, 15) is 0 Å². The molecule has 0 spiro atoms. The normalized spacial score (nSPS) is 12.0. The van der Waals surface area contributed by atoms with E-state index in [0.717, 1.165) is 28.8 Å². The first kappa shape index (κ1) is 14.4. The lowest BCUT2D eigenvalue weighted by molar-refractivity contribution is 0.413. The zero-order valence-corrected chi connectivity index (χ0v) is 12.4. The van der Waals surface area contributed by atoms with Gasteiger partial charge in [-0.2, -0.15) is 0 Å². The van der Waals surface area contributed by atoms with E-state index >= 15 is 0 Å². The molecule has 1 aromatic rings. The van der Waals surface area contributed by atoms with E-state index in [2.05, 4.69) is 34.7 Å². The molecule has 0 radical (unpaired) electrons. The van der Waals surface area contributed by atoms with Crippen LogP contribution in [-0.2, 0) is 0 Å². The third-order valence-electron chi connectivity index (χ3n) is 2.42. The monoisotopic (exact) mass is 317 g/mol. The molecule has 1 unspecified atom stereocenters. The molecule has 94 valence electrons. The van der Waals surface area contributed by atoms with Crippen LogP contribution in [0.4, 0.5) is 5.69 Å². The molecular formula is C13H17BrClNO. The van der Waals surface area contributed by atoms with Crippen LogP contribution in [0.15, 0.2) is 29.3 Å². The zero-order valence-electron chi connectivity index (χ0n) is 10.1. The number of rotatable bonds is 6. The number of benzene rings is 1. The molecule has 0 amide bonds. The van der Waals surface area contributed by atoms with Gasteiger partial charge in [-0.1, -0.05) is 17.7 Å². The molecule has 0 fully saturated rings. The van der Waals surface area contributed by atoms with Crippen LogP contribution in [0.3, 0.4) is 0 Å². The molecule has 0 aromatic heterocycles. The van der Waals surface area contributed by atoms with Crippen LogP contribution in [0.2, 0.25) is 5.02 Å². The number of hydrogen-bond acceptors (Lipinski definition) is 2. The number of ether oxygens (including phenoxy) is 1. The highest BCUT2D eigenvalue weighted by atomic mass is 79.9. The Bertz CT molecular complexity index is 395. The van der Waals surface area contributed by atoms with Gasteiger partial charge in [-0.15, -0.1) is 6.58 Å². The number of anilines is 1. The highest BCUT2D eigenvalue weighted by molar-refractivity contribution is 9.10. The quantitative estimate of drug-likeness (QED) is 0.755. The van der Waals surface area contributed by atoms with Crippen molar-refractivity contribution in [2.45, 2.75) is 25.8 Å². The number of halogens is 2. The van der Waals surface area contributed by atoms with Crippen LogP contribution < -0.4 is 10.1 Å². The van der Waals surface area contributed by atoms with Crippen LogP contribution in [-0.4, -0.2) is 13.2 Å². The topological polar surface area (TPSA) is 21.3 Å². The predicted octanol–water partition coefficient (Wildman–Crippen LogP) is 4.88. The molecule has 17 heavy (non-hydrogen) atoms. The highest BCUT2D eigenvalue weighted by Gasteiger charge is 2.11. The fourth-order valence-corrected chi connectivity index (χ4v) is 2.55. The summed E-state index contributed by atoms with van der Waals surface area (Å²) in [5, 5.41) is 4.07. The fraction of sp³-hybridized carbons (Fsp3) is 0.385. The van der Waals surface area contributed by atoms with Gasteiger partial charge < -0.3 is 10.1 Å². The van der Waals surface area contributed by atoms with Crippen molar-refractivity contribution in [1.82, 2.24) is 0 Å². The first-order chi connectivity index (χ1) is 8.08. The summed E-state index contributed by atoms with van der Waals surface area (Å²) in [7, 11) is 1.65. The summed E-state index contributed by atoms with van der Waals surface area (Å²) >= 11 is 9.46. The minimum absolute atomic E-state index is 0.340. The smallest absolute Gasteiger partial charge is 0.156 e. The van der Waals surface area contributed by atoms with Gasteiger partial charge in [0.1, 0.15) is 0 Å². The van der Waals surface area contributed by atoms with Crippen molar-refractivity contribution in [1.29, 1.82) is 0 Å². The van der Waals surface area contributed by atoms with E-state index < -0.39 is 0 Å². The SMILES string of the molecule is C=CCCC(C)Nc1cc(Cl)cc(Br)c1OC. The average Bonchev–Trinajstić information content (AvgIpc) is 2.25. The summed E-state index contributed by atoms with van der Waals surface area (Å²) in [6.45, 7) is 5.84. The van der Waals surface area contributed by atoms with Gasteiger partial charge in [0, 0.05) is 11.1 Å². The van der Waals surface area contributed by atoms with Gasteiger partial charge in [-0.3, -0.25) is 0 Å². The van der Waals surface area contributed by atoms with E-state index in [1.807, 2.05) is 18.2 Å². The second-order valence-electron chi connectivity index (χ2n) is 3.88. The van der Waals surface area contributed by atoms with E-state index in [4.69, 9.17) is 16.3 Å². The molecule has 1 N–H and O–H groups in total. The summed E-state index contributed by atoms with van der Waals surface area (Å²) < 4.78 is 6.20. The molecule has 1 rings (SSSR count). The molecule has 0 saturated carbocycles. The van der Waals surface area contributed by atoms with Gasteiger partial charge in [0.2, 0.25) is 0 Å². The van der Waals surface area contributed by atoms with Gasteiger partial charge >= 0.3 is 0 Å². The Balaban J connectivity index is 2.85. The second-order valence-corrected chi connectivity index (χ2v) is 5.17. The zero-order chi connectivity index (χ0) is 12.8. The summed E-state index contributed by atoms with van der Waals surface area (Å²) in [5.41, 5.74) is 0.906. The Morgan fingerprint density at radius 1 is 1.59 bits per heavy atom. The number of hydrogen-bond donors (Lipinski definition) is 1. The maximum atomic E-state index is 6.03. The lowest BCUT2D eigenvalue weighted by atomic mass is 10.1. The van der Waals surface area contributed by atoms with Gasteiger partial charge in [0.25, 0.3) is 0 Å². The van der Waals surface area contributed by atoms with E-state index in [0.29, 0.717) is 11.1 Å². The molecule has 0 heterocycles. The molecule has 0 saturated heterocycles. The first-order valence-electron chi connectivity index (χ1n) is 5.49. The van der Waals surface area contributed by atoms with Crippen molar-refractivity contribution in [2.75, 3.05) is 12.4 Å². The Kier molecular flexibility index (Phi) is 5.86. The molecule has 2 nitrogen and oxygen atoms in total. The molecule has 0 aliphatic carbocycles. The van der Waals surface area contributed by atoms with Gasteiger partial charge in [-0.25, -0.2) is 0 Å². The second kappa shape index (κ2) is 6.92. The van der Waals surface area contributed by atoms with E-state index in [-0.39, 0.29) is 0 Å². The Morgan fingerprint density at radius 2 is 2.29 bits per heavy atom. The Labute approximate surface area is 116 Å². The fourth-order valence-electron chi connectivity index (χ4n) is 1.58. The van der Waals surface area contributed by atoms with Gasteiger partial charge in [0.05, 0.1) is 17.3 Å². The summed E-state index contributed by atoms with van der Waals surface area (Å²) in [4.78, 5) is 0. The van der Waals surface area contributed by atoms with Crippen molar-refractivity contribution < 1.29 is 4.74 Å². The van der Waals surface area contributed by atoms with Gasteiger partial charge in [-0.05, 0) is 47.8 Å². The Morgan fingerprint density at radius 3 is 2.88 bits per heavy atom. The largest absolute Gasteiger partial charge is 0.493 e. The highest BCUT2D eigenvalue weighted by Crippen LogP contribution is 2.36. The van der Waals surface area contributed by atoms with E-state index in [1.54, 1.807) is 7.11 Å². The molecule has 1 aromatic carbocycles. The lowest BCUT2D eigenvalue weighted by Crippen LogP contribution is -2.15. The van der Waals surface area contributed by atoms with Crippen LogP contribution in [0.5, 0.6) is 5.75 Å². The number of methoxy groups -OCH3 is 1. The van der Waals surface area contributed by atoms with Crippen LogP contribution in [0, 0.1) is 0 Å². The van der Waals surface area contributed by atoms with E-state index in [1.165, 1.54) is 0 Å². The maximum absolute atomic E-state index is 6.03. The van der Waals surface area contributed by atoms with Crippen LogP contribution in [0.25, 0.3) is 0 Å². The summed E-state index contributed by atoms with van der Waals surface area (Å²) in [6.07, 6.45) is 3.93. The molecule has 1 atom stereocenters. The summed E-state index contributed by atoms with van der Waals surface area (Å²) in [6, 6.07) is 4.03. The van der Waals surface area contributed by atoms with Crippen LogP contribution in [0.1, 0.15) is 19.8 Å². The first-order valence-corrected chi connectivity index (χ1v) is 6.66. The van der Waals surface area contributed by atoms with Crippen molar-refractivity contribution in [3.8, 4) is 5.75 Å². The minimum Gasteiger partial charge on any atom is -0.493 e. The maximum Gasteiger partial charge on any atom is 0.156 e. The molecular weight excluding hydrogens is 302 g/mol. The number of nitrogens with one attached hydrogen (secondary N) is 1. The molecule has 4 heteroatoms. The average molecular weight is 319 g/mol. The Hall–Kier alpha value is -0.670. The van der Waals surface area contributed by atoms with Crippen molar-refractivity contribution in [3.63, 3.8) is 0 Å². The predicted molar refractivity (Wildman–Crippen MR) is 78.2 cm³/mol. The van der Waals surface area contributed by atoms with Crippen molar-refractivity contribution >= 4 is 33.2 Å². The summed E-state index contributed by atoms with van der Waals surface area (Å²) in [5.74, 6) is 0.778. The lowest BCUT2D eigenvalue weighted by Gasteiger charge is -2.18. The third kappa shape index (κ3) is 4.25. The van der Waals surface area contributed by atoms with Gasteiger partial charge in [0.15, 0.2) is 5.75 Å². The van der Waals surface area contributed by atoms with Crippen molar-refractivity contribution in [2.24, 2.45) is 0 Å². The third-order valence-corrected chi connectivity index (χ3v) is 3.23. The standard InChI is InChI=1S/C13H17BrClNO/c1-4-5-6-9(2)16-12-8-10(15)7-11(14)13(12)17-3/h4,7-9,16H,1,5-6H2,2-3H3. The number of allylic oxidation sites excluding steroid dienone is 1. The molecule has 0 aliphatic rings.